The molecule has 1 fully saturated rings. The minimum atomic E-state index is 0.472. The highest BCUT2D eigenvalue weighted by Gasteiger charge is 2.18. The average Bonchev–Trinajstić information content (AvgIpc) is 2.87. The molecule has 1 aliphatic rings. The van der Waals surface area contributed by atoms with E-state index < -0.39 is 0 Å². The minimum Gasteiger partial charge on any atom is -0.383 e. The third-order valence-corrected chi connectivity index (χ3v) is 4.08. The fraction of sp³-hybridized carbons (Fsp3) is 0.909. The van der Waals surface area contributed by atoms with Crippen LogP contribution < -0.4 is 5.32 Å². The first-order valence-corrected chi connectivity index (χ1v) is 7.48. The van der Waals surface area contributed by atoms with E-state index in [1.54, 1.807) is 18.9 Å². The Balaban J connectivity index is 1.73. The Labute approximate surface area is 117 Å². The van der Waals surface area contributed by atoms with Crippen molar-refractivity contribution in [2.45, 2.75) is 29.8 Å². The summed E-state index contributed by atoms with van der Waals surface area (Å²) in [5.74, 6) is 0. The van der Waals surface area contributed by atoms with Crippen LogP contribution in [0.2, 0.25) is 0 Å². The Bertz CT molecular complexity index is 357. The van der Waals surface area contributed by atoms with Gasteiger partial charge in [-0.25, -0.2) is 4.68 Å². The molecule has 1 unspecified atom stereocenters. The van der Waals surface area contributed by atoms with E-state index in [0.717, 1.165) is 51.0 Å². The SMILES string of the molecule is COCCNCCn1nnnc1SC1CCCOC1. The van der Waals surface area contributed by atoms with Gasteiger partial charge >= 0.3 is 0 Å². The predicted molar refractivity (Wildman–Crippen MR) is 72.3 cm³/mol. The van der Waals surface area contributed by atoms with Crippen LogP contribution in [0.4, 0.5) is 0 Å². The van der Waals surface area contributed by atoms with Gasteiger partial charge in [0.2, 0.25) is 5.16 Å². The second-order valence-corrected chi connectivity index (χ2v) is 5.65. The second-order valence-electron chi connectivity index (χ2n) is 4.38. The number of methoxy groups -OCH3 is 1. The Morgan fingerprint density at radius 2 is 2.47 bits per heavy atom. The Morgan fingerprint density at radius 1 is 1.53 bits per heavy atom. The lowest BCUT2D eigenvalue weighted by Gasteiger charge is -2.20. The Kier molecular flexibility index (Phi) is 6.55. The van der Waals surface area contributed by atoms with Gasteiger partial charge in [-0.15, -0.1) is 5.10 Å². The van der Waals surface area contributed by atoms with Gasteiger partial charge in [-0.2, -0.15) is 0 Å². The van der Waals surface area contributed by atoms with Crippen LogP contribution in [0.15, 0.2) is 5.16 Å². The van der Waals surface area contributed by atoms with E-state index in [1.165, 1.54) is 6.42 Å². The van der Waals surface area contributed by atoms with Gasteiger partial charge in [-0.05, 0) is 23.3 Å². The van der Waals surface area contributed by atoms with Gasteiger partial charge in [0, 0.05) is 32.1 Å². The van der Waals surface area contributed by atoms with Crippen molar-refractivity contribution in [1.82, 2.24) is 25.5 Å². The topological polar surface area (TPSA) is 74.1 Å². The summed E-state index contributed by atoms with van der Waals surface area (Å²) in [6.07, 6.45) is 2.29. The lowest BCUT2D eigenvalue weighted by atomic mass is 10.2. The maximum Gasteiger partial charge on any atom is 0.209 e. The molecule has 2 rings (SSSR count). The predicted octanol–water partition coefficient (Wildman–Crippen LogP) is 0.180. The van der Waals surface area contributed by atoms with Crippen molar-refractivity contribution in [1.29, 1.82) is 0 Å². The van der Waals surface area contributed by atoms with Gasteiger partial charge < -0.3 is 14.8 Å². The summed E-state index contributed by atoms with van der Waals surface area (Å²) in [6, 6.07) is 0. The number of hydrogen-bond donors (Lipinski definition) is 1. The third kappa shape index (κ3) is 5.06. The highest BCUT2D eigenvalue weighted by atomic mass is 32.2. The van der Waals surface area contributed by atoms with Crippen LogP contribution >= 0.6 is 11.8 Å². The van der Waals surface area contributed by atoms with E-state index >= 15 is 0 Å². The first-order valence-electron chi connectivity index (χ1n) is 6.60. The molecule has 1 aliphatic heterocycles. The Hall–Kier alpha value is -0.700. The van der Waals surface area contributed by atoms with E-state index in [9.17, 15) is 0 Å². The normalized spacial score (nSPS) is 19.7. The third-order valence-electron chi connectivity index (χ3n) is 2.87. The zero-order valence-electron chi connectivity index (χ0n) is 11.2. The number of rotatable bonds is 8. The van der Waals surface area contributed by atoms with Crippen molar-refractivity contribution in [3.8, 4) is 0 Å². The lowest BCUT2D eigenvalue weighted by Crippen LogP contribution is -2.25. The molecule has 108 valence electrons. The van der Waals surface area contributed by atoms with Crippen LogP contribution in [0.1, 0.15) is 12.8 Å². The summed E-state index contributed by atoms with van der Waals surface area (Å²) in [4.78, 5) is 0. The summed E-state index contributed by atoms with van der Waals surface area (Å²) in [7, 11) is 1.70. The molecule has 0 bridgehead atoms. The van der Waals surface area contributed by atoms with Gasteiger partial charge in [-0.1, -0.05) is 11.8 Å². The molecule has 8 heteroatoms. The number of nitrogens with zero attached hydrogens (tertiary/aromatic N) is 4. The molecule has 1 aromatic rings. The molecule has 0 radical (unpaired) electrons. The average molecular weight is 287 g/mol. The van der Waals surface area contributed by atoms with Gasteiger partial charge in [0.15, 0.2) is 0 Å². The van der Waals surface area contributed by atoms with Crippen molar-refractivity contribution in [2.24, 2.45) is 0 Å². The molecule has 0 aromatic carbocycles. The van der Waals surface area contributed by atoms with Gasteiger partial charge in [0.05, 0.1) is 19.8 Å². The molecule has 2 heterocycles. The van der Waals surface area contributed by atoms with E-state index in [2.05, 4.69) is 20.8 Å². The molecule has 0 spiro atoms. The Morgan fingerprint density at radius 3 is 3.26 bits per heavy atom. The van der Waals surface area contributed by atoms with Crippen molar-refractivity contribution < 1.29 is 9.47 Å². The summed E-state index contributed by atoms with van der Waals surface area (Å²) in [5.41, 5.74) is 0. The van der Waals surface area contributed by atoms with Crippen LogP contribution in [-0.4, -0.2) is 65.5 Å². The van der Waals surface area contributed by atoms with Gasteiger partial charge in [0.1, 0.15) is 0 Å². The first kappa shape index (κ1) is 14.7. The van der Waals surface area contributed by atoms with E-state index in [4.69, 9.17) is 9.47 Å². The summed E-state index contributed by atoms with van der Waals surface area (Å²) >= 11 is 1.72. The largest absolute Gasteiger partial charge is 0.383 e. The summed E-state index contributed by atoms with van der Waals surface area (Å²) in [5, 5.41) is 16.5. The maximum atomic E-state index is 5.47. The molecular weight excluding hydrogens is 266 g/mol. The summed E-state index contributed by atoms with van der Waals surface area (Å²) < 4.78 is 12.3. The van der Waals surface area contributed by atoms with Crippen LogP contribution in [0.5, 0.6) is 0 Å². The fourth-order valence-electron chi connectivity index (χ4n) is 1.86. The van der Waals surface area contributed by atoms with Crippen LogP contribution in [0.25, 0.3) is 0 Å². The number of hydrogen-bond acceptors (Lipinski definition) is 7. The summed E-state index contributed by atoms with van der Waals surface area (Å²) in [6.45, 7) is 4.85. The van der Waals surface area contributed by atoms with Crippen molar-refractivity contribution in [3.63, 3.8) is 0 Å². The maximum absolute atomic E-state index is 5.47. The number of aromatic nitrogens is 4. The smallest absolute Gasteiger partial charge is 0.209 e. The van der Waals surface area contributed by atoms with Crippen molar-refractivity contribution in [3.05, 3.63) is 0 Å². The zero-order chi connectivity index (χ0) is 13.3. The molecule has 19 heavy (non-hydrogen) atoms. The van der Waals surface area contributed by atoms with Crippen LogP contribution in [0, 0.1) is 0 Å². The molecule has 0 aliphatic carbocycles. The quantitative estimate of drug-likeness (QED) is 0.684. The van der Waals surface area contributed by atoms with Crippen molar-refractivity contribution in [2.75, 3.05) is 40.0 Å². The van der Waals surface area contributed by atoms with E-state index in [1.807, 2.05) is 4.68 Å². The van der Waals surface area contributed by atoms with Crippen LogP contribution in [0.3, 0.4) is 0 Å². The van der Waals surface area contributed by atoms with E-state index in [0.29, 0.717) is 5.25 Å². The second kappa shape index (κ2) is 8.47. The molecule has 1 aromatic heterocycles. The number of thioether (sulfide) groups is 1. The van der Waals surface area contributed by atoms with Crippen molar-refractivity contribution >= 4 is 11.8 Å². The molecule has 0 amide bonds. The molecule has 1 atom stereocenters. The van der Waals surface area contributed by atoms with Gasteiger partial charge in [0.25, 0.3) is 0 Å². The molecule has 0 saturated carbocycles. The number of ether oxygens (including phenoxy) is 2. The van der Waals surface area contributed by atoms with E-state index in [-0.39, 0.29) is 0 Å². The molecule has 1 saturated heterocycles. The minimum absolute atomic E-state index is 0.472. The first-order chi connectivity index (χ1) is 9.40. The highest BCUT2D eigenvalue weighted by Crippen LogP contribution is 2.26. The fourth-order valence-corrected chi connectivity index (χ4v) is 2.94. The molecular formula is C11H21N5O2S. The standard InChI is InChI=1S/C11H21N5O2S/c1-17-8-5-12-4-6-16-11(13-14-15-16)19-10-3-2-7-18-9-10/h10,12H,2-9H2,1H3. The highest BCUT2D eigenvalue weighted by molar-refractivity contribution is 7.99. The van der Waals surface area contributed by atoms with Gasteiger partial charge in [-0.3, -0.25) is 0 Å². The van der Waals surface area contributed by atoms with Crippen LogP contribution in [-0.2, 0) is 16.0 Å². The molecule has 1 N–H and O–H groups in total. The lowest BCUT2D eigenvalue weighted by molar-refractivity contribution is 0.101. The zero-order valence-corrected chi connectivity index (χ0v) is 12.1. The monoisotopic (exact) mass is 287 g/mol. The number of tetrazole rings is 1. The molecule has 7 nitrogen and oxygen atoms in total. The number of nitrogens with one attached hydrogen (secondary N) is 1.